The molecule has 7 nitrogen and oxygen atoms in total. The number of aromatic nitrogens is 2. The average molecular weight is 279 g/mol. The van der Waals surface area contributed by atoms with E-state index >= 15 is 0 Å². The minimum Gasteiger partial charge on any atom is -0.349 e. The molecule has 0 bridgehead atoms. The number of H-pyrrole nitrogens is 1. The second-order valence-electron chi connectivity index (χ2n) is 5.00. The summed E-state index contributed by atoms with van der Waals surface area (Å²) < 4.78 is 0. The Hall–Kier alpha value is -2.05. The van der Waals surface area contributed by atoms with E-state index in [1.165, 1.54) is 12.6 Å². The quantitative estimate of drug-likeness (QED) is 0.709. The molecule has 1 saturated heterocycles. The summed E-state index contributed by atoms with van der Waals surface area (Å²) in [6, 6.07) is 1.85. The number of carbonyl (C=O) groups is 2. The zero-order chi connectivity index (χ0) is 14.4. The Morgan fingerprint density at radius 2 is 2.20 bits per heavy atom. The highest BCUT2D eigenvalue weighted by Gasteiger charge is 2.22. The van der Waals surface area contributed by atoms with Crippen molar-refractivity contribution in [1.82, 2.24) is 25.7 Å². The van der Waals surface area contributed by atoms with Crippen LogP contribution in [-0.4, -0.2) is 52.7 Å². The van der Waals surface area contributed by atoms with E-state index in [4.69, 9.17) is 0 Å². The molecule has 0 saturated carbocycles. The molecule has 0 aliphatic carbocycles. The number of amides is 3. The number of nitrogens with zero attached hydrogens (tertiary/aromatic N) is 2. The zero-order valence-electron chi connectivity index (χ0n) is 11.7. The summed E-state index contributed by atoms with van der Waals surface area (Å²) in [5, 5.41) is 11.8. The number of carbonyl (C=O) groups excluding carboxylic acids is 2. The molecule has 3 N–H and O–H groups in total. The Labute approximate surface area is 118 Å². The minimum atomic E-state index is -0.219. The zero-order valence-corrected chi connectivity index (χ0v) is 11.7. The maximum absolute atomic E-state index is 12.0. The van der Waals surface area contributed by atoms with Crippen molar-refractivity contribution in [3.63, 3.8) is 0 Å². The summed E-state index contributed by atoms with van der Waals surface area (Å²) in [4.78, 5) is 25.4. The molecule has 1 aliphatic rings. The predicted molar refractivity (Wildman–Crippen MR) is 74.3 cm³/mol. The fourth-order valence-electron chi connectivity index (χ4n) is 2.32. The van der Waals surface area contributed by atoms with Crippen molar-refractivity contribution >= 4 is 11.9 Å². The van der Waals surface area contributed by atoms with Crippen molar-refractivity contribution in [3.05, 3.63) is 18.0 Å². The van der Waals surface area contributed by atoms with Crippen LogP contribution in [-0.2, 0) is 0 Å². The lowest BCUT2D eigenvalue weighted by Crippen LogP contribution is -2.48. The first kappa shape index (κ1) is 14.4. The lowest BCUT2D eigenvalue weighted by molar-refractivity contribution is 0.0948. The lowest BCUT2D eigenvalue weighted by atomic mass is 10.0. The van der Waals surface area contributed by atoms with E-state index in [9.17, 15) is 9.59 Å². The smallest absolute Gasteiger partial charge is 0.317 e. The van der Waals surface area contributed by atoms with Gasteiger partial charge in [0.2, 0.25) is 0 Å². The number of likely N-dealkylation sites (tertiary alicyclic amines) is 1. The molecule has 1 atom stereocenters. The number of rotatable bonds is 4. The summed E-state index contributed by atoms with van der Waals surface area (Å²) in [6.45, 7) is 3.69. The standard InChI is InChI=1S/C13H21N5O2/c1-10-4-2-3-9-18(10)13(20)15-8-7-14-12(19)11-5-6-16-17-11/h5-6,10H,2-4,7-9H2,1H3,(H,14,19)(H,15,20)(H,16,17)/t10-/m1/s1. The SMILES string of the molecule is C[C@@H]1CCCCN1C(=O)NCCNC(=O)c1ccn[nH]1. The van der Waals surface area contributed by atoms with Gasteiger partial charge >= 0.3 is 6.03 Å². The van der Waals surface area contributed by atoms with Gasteiger partial charge in [-0.05, 0) is 32.3 Å². The van der Waals surface area contributed by atoms with Crippen LogP contribution in [0.15, 0.2) is 12.3 Å². The fourth-order valence-corrected chi connectivity index (χ4v) is 2.32. The monoisotopic (exact) mass is 279 g/mol. The van der Waals surface area contributed by atoms with E-state index in [0.717, 1.165) is 19.4 Å². The van der Waals surface area contributed by atoms with Crippen LogP contribution in [0.1, 0.15) is 36.7 Å². The molecule has 2 heterocycles. The maximum atomic E-state index is 12.0. The second-order valence-corrected chi connectivity index (χ2v) is 5.00. The molecule has 1 aliphatic heterocycles. The van der Waals surface area contributed by atoms with Crippen LogP contribution in [0.5, 0.6) is 0 Å². The van der Waals surface area contributed by atoms with Crippen molar-refractivity contribution in [2.45, 2.75) is 32.2 Å². The summed E-state index contributed by atoms with van der Waals surface area (Å²) >= 11 is 0. The number of piperidine rings is 1. The van der Waals surface area contributed by atoms with Gasteiger partial charge in [0.05, 0.1) is 0 Å². The minimum absolute atomic E-state index is 0.0482. The largest absolute Gasteiger partial charge is 0.349 e. The van der Waals surface area contributed by atoms with E-state index in [1.54, 1.807) is 6.07 Å². The highest BCUT2D eigenvalue weighted by Crippen LogP contribution is 2.15. The molecular formula is C13H21N5O2. The Kier molecular flexibility index (Phi) is 4.97. The Balaban J connectivity index is 1.65. The molecule has 0 spiro atoms. The number of aromatic amines is 1. The molecule has 110 valence electrons. The highest BCUT2D eigenvalue weighted by atomic mass is 16.2. The van der Waals surface area contributed by atoms with E-state index in [0.29, 0.717) is 24.8 Å². The number of hydrogen-bond donors (Lipinski definition) is 3. The first-order chi connectivity index (χ1) is 9.68. The first-order valence-electron chi connectivity index (χ1n) is 7.00. The average Bonchev–Trinajstić information content (AvgIpc) is 2.98. The molecule has 0 radical (unpaired) electrons. The lowest BCUT2D eigenvalue weighted by Gasteiger charge is -2.33. The third-order valence-corrected chi connectivity index (χ3v) is 3.50. The number of urea groups is 1. The van der Waals surface area contributed by atoms with Crippen molar-refractivity contribution < 1.29 is 9.59 Å². The first-order valence-corrected chi connectivity index (χ1v) is 7.00. The summed E-state index contributed by atoms with van der Waals surface area (Å²) in [7, 11) is 0. The van der Waals surface area contributed by atoms with Gasteiger partial charge in [0, 0.05) is 31.9 Å². The van der Waals surface area contributed by atoms with Crippen molar-refractivity contribution in [3.8, 4) is 0 Å². The molecule has 0 unspecified atom stereocenters. The van der Waals surface area contributed by atoms with E-state index < -0.39 is 0 Å². The van der Waals surface area contributed by atoms with Gasteiger partial charge in [0.15, 0.2) is 0 Å². The van der Waals surface area contributed by atoms with Gasteiger partial charge in [-0.2, -0.15) is 5.10 Å². The van der Waals surface area contributed by atoms with Crippen molar-refractivity contribution in [2.75, 3.05) is 19.6 Å². The van der Waals surface area contributed by atoms with Gasteiger partial charge in [-0.15, -0.1) is 0 Å². The molecule has 3 amide bonds. The predicted octanol–water partition coefficient (Wildman–Crippen LogP) is 0.723. The summed E-state index contributed by atoms with van der Waals surface area (Å²) in [5.41, 5.74) is 0.418. The molecule has 1 aromatic rings. The van der Waals surface area contributed by atoms with Crippen LogP contribution >= 0.6 is 0 Å². The third kappa shape index (κ3) is 3.72. The van der Waals surface area contributed by atoms with Gasteiger partial charge in [-0.25, -0.2) is 4.79 Å². The van der Waals surface area contributed by atoms with Gasteiger partial charge in [0.1, 0.15) is 5.69 Å². The van der Waals surface area contributed by atoms with E-state index in [2.05, 4.69) is 27.8 Å². The van der Waals surface area contributed by atoms with E-state index in [-0.39, 0.29) is 11.9 Å². The topological polar surface area (TPSA) is 90.1 Å². The van der Waals surface area contributed by atoms with Crippen LogP contribution < -0.4 is 10.6 Å². The van der Waals surface area contributed by atoms with Crippen molar-refractivity contribution in [2.24, 2.45) is 0 Å². The highest BCUT2D eigenvalue weighted by molar-refractivity contribution is 5.92. The molecule has 20 heavy (non-hydrogen) atoms. The summed E-state index contributed by atoms with van der Waals surface area (Å²) in [5.74, 6) is -0.219. The maximum Gasteiger partial charge on any atom is 0.317 e. The molecular weight excluding hydrogens is 258 g/mol. The fraction of sp³-hybridized carbons (Fsp3) is 0.615. The molecule has 0 aromatic carbocycles. The summed E-state index contributed by atoms with van der Waals surface area (Å²) in [6.07, 6.45) is 4.83. The molecule has 7 heteroatoms. The Bertz CT molecular complexity index is 446. The van der Waals surface area contributed by atoms with Crippen LogP contribution in [0, 0.1) is 0 Å². The number of nitrogens with one attached hydrogen (secondary N) is 3. The van der Waals surface area contributed by atoms with Gasteiger partial charge in [0.25, 0.3) is 5.91 Å². The van der Waals surface area contributed by atoms with Crippen molar-refractivity contribution in [1.29, 1.82) is 0 Å². The van der Waals surface area contributed by atoms with Gasteiger partial charge in [-0.3, -0.25) is 9.89 Å². The molecule has 1 fully saturated rings. The normalized spacial score (nSPS) is 18.6. The molecule has 2 rings (SSSR count). The second kappa shape index (κ2) is 6.93. The number of hydrogen-bond acceptors (Lipinski definition) is 3. The van der Waals surface area contributed by atoms with E-state index in [1.807, 2.05) is 4.90 Å². The van der Waals surface area contributed by atoms with Crippen LogP contribution in [0.4, 0.5) is 4.79 Å². The molecule has 1 aromatic heterocycles. The third-order valence-electron chi connectivity index (χ3n) is 3.50. The Morgan fingerprint density at radius 1 is 1.40 bits per heavy atom. The van der Waals surface area contributed by atoms with Crippen LogP contribution in [0.3, 0.4) is 0 Å². The van der Waals surface area contributed by atoms with Crippen LogP contribution in [0.25, 0.3) is 0 Å². The van der Waals surface area contributed by atoms with Gasteiger partial charge < -0.3 is 15.5 Å². The van der Waals surface area contributed by atoms with Crippen LogP contribution in [0.2, 0.25) is 0 Å². The van der Waals surface area contributed by atoms with Gasteiger partial charge in [-0.1, -0.05) is 0 Å². The Morgan fingerprint density at radius 3 is 2.90 bits per heavy atom.